The van der Waals surface area contributed by atoms with E-state index < -0.39 is 6.10 Å². The van der Waals surface area contributed by atoms with Gasteiger partial charge in [-0.3, -0.25) is 0 Å². The normalized spacial score (nSPS) is 11.4. The average Bonchev–Trinajstić information content (AvgIpc) is 2.35. The van der Waals surface area contributed by atoms with Crippen LogP contribution in [0.2, 0.25) is 0 Å². The summed E-state index contributed by atoms with van der Waals surface area (Å²) in [7, 11) is 4.52. The molecule has 1 rings (SSSR count). The minimum absolute atomic E-state index is 0.464. The van der Waals surface area contributed by atoms with E-state index in [0.29, 0.717) is 22.8 Å². The maximum absolute atomic E-state index is 9.54. The third-order valence-corrected chi connectivity index (χ3v) is 2.16. The molecule has 1 unspecified atom stereocenters. The molecule has 1 aromatic carbocycles. The van der Waals surface area contributed by atoms with Gasteiger partial charge in [0.25, 0.3) is 0 Å². The Morgan fingerprint density at radius 2 is 1.62 bits per heavy atom. The molecule has 0 heterocycles. The molecule has 0 saturated carbocycles. The van der Waals surface area contributed by atoms with Gasteiger partial charge in [0.05, 0.1) is 21.3 Å². The van der Waals surface area contributed by atoms with Gasteiger partial charge in [-0.05, 0) is 12.1 Å². The third-order valence-electron chi connectivity index (χ3n) is 2.16. The lowest BCUT2D eigenvalue weighted by atomic mass is 10.1. The van der Waals surface area contributed by atoms with Gasteiger partial charge in [-0.25, -0.2) is 0 Å². The molecule has 0 aliphatic heterocycles. The molecule has 4 nitrogen and oxygen atoms in total. The Morgan fingerprint density at radius 3 is 1.94 bits per heavy atom. The van der Waals surface area contributed by atoms with Crippen LogP contribution in [-0.4, -0.2) is 26.4 Å². The second-order valence-corrected chi connectivity index (χ2v) is 3.03. The first kappa shape index (κ1) is 12.2. The van der Waals surface area contributed by atoms with Gasteiger partial charge in [0.15, 0.2) is 11.5 Å². The Balaban J connectivity index is 3.32. The lowest BCUT2D eigenvalue weighted by Gasteiger charge is -2.14. The minimum Gasteiger partial charge on any atom is -0.493 e. The van der Waals surface area contributed by atoms with E-state index in [1.165, 1.54) is 21.3 Å². The monoisotopic (exact) mass is 222 g/mol. The first-order chi connectivity index (χ1) is 7.67. The molecule has 86 valence electrons. The van der Waals surface area contributed by atoms with Crippen molar-refractivity contribution in [1.82, 2.24) is 0 Å². The Bertz CT molecular complexity index is 381. The van der Waals surface area contributed by atoms with Crippen molar-refractivity contribution < 1.29 is 19.3 Å². The fourth-order valence-electron chi connectivity index (χ4n) is 1.36. The first-order valence-corrected chi connectivity index (χ1v) is 4.62. The Labute approximate surface area is 94.8 Å². The Morgan fingerprint density at radius 1 is 1.12 bits per heavy atom. The van der Waals surface area contributed by atoms with Crippen LogP contribution in [0.5, 0.6) is 17.2 Å². The molecule has 0 aromatic heterocycles. The van der Waals surface area contributed by atoms with Crippen LogP contribution in [0, 0.1) is 12.3 Å². The maximum Gasteiger partial charge on any atom is 0.203 e. The molecule has 0 aliphatic rings. The van der Waals surface area contributed by atoms with Gasteiger partial charge in [-0.2, -0.15) is 0 Å². The number of hydrogen-bond acceptors (Lipinski definition) is 4. The molecule has 0 aliphatic carbocycles. The summed E-state index contributed by atoms with van der Waals surface area (Å²) in [5.41, 5.74) is 0.525. The second kappa shape index (κ2) is 5.29. The highest BCUT2D eigenvalue weighted by molar-refractivity contribution is 5.54. The van der Waals surface area contributed by atoms with Crippen LogP contribution in [0.1, 0.15) is 11.7 Å². The van der Waals surface area contributed by atoms with Crippen molar-refractivity contribution in [2.45, 2.75) is 6.10 Å². The topological polar surface area (TPSA) is 47.9 Å². The van der Waals surface area contributed by atoms with Crippen molar-refractivity contribution in [2.75, 3.05) is 21.3 Å². The summed E-state index contributed by atoms with van der Waals surface area (Å²) in [6, 6.07) is 3.23. The van der Waals surface area contributed by atoms with Crippen LogP contribution in [0.3, 0.4) is 0 Å². The highest BCUT2D eigenvalue weighted by atomic mass is 16.5. The zero-order chi connectivity index (χ0) is 12.1. The van der Waals surface area contributed by atoms with Gasteiger partial charge in [0.2, 0.25) is 5.75 Å². The van der Waals surface area contributed by atoms with E-state index in [-0.39, 0.29) is 0 Å². The smallest absolute Gasteiger partial charge is 0.203 e. The Hall–Kier alpha value is -1.86. The highest BCUT2D eigenvalue weighted by Crippen LogP contribution is 2.39. The number of hydrogen-bond donors (Lipinski definition) is 1. The van der Waals surface area contributed by atoms with Crippen LogP contribution in [0.4, 0.5) is 0 Å². The SMILES string of the molecule is C#CC(O)c1cc(OC)c(OC)c(OC)c1. The minimum atomic E-state index is -0.992. The third kappa shape index (κ3) is 2.20. The van der Waals surface area contributed by atoms with Crippen LogP contribution in [-0.2, 0) is 0 Å². The lowest BCUT2D eigenvalue weighted by molar-refractivity contribution is 0.236. The molecule has 1 N–H and O–H groups in total. The largest absolute Gasteiger partial charge is 0.493 e. The van der Waals surface area contributed by atoms with Gasteiger partial charge >= 0.3 is 0 Å². The second-order valence-electron chi connectivity index (χ2n) is 3.03. The molecule has 4 heteroatoms. The maximum atomic E-state index is 9.54. The highest BCUT2D eigenvalue weighted by Gasteiger charge is 2.15. The summed E-state index contributed by atoms with van der Waals surface area (Å²) in [6.07, 6.45) is 4.15. The summed E-state index contributed by atoms with van der Waals surface area (Å²) >= 11 is 0. The van der Waals surface area contributed by atoms with Crippen LogP contribution in [0.25, 0.3) is 0 Å². The van der Waals surface area contributed by atoms with E-state index in [2.05, 4.69) is 5.92 Å². The van der Waals surface area contributed by atoms with E-state index in [0.717, 1.165) is 0 Å². The number of ether oxygens (including phenoxy) is 3. The van der Waals surface area contributed by atoms with E-state index in [1.807, 2.05) is 0 Å². The number of benzene rings is 1. The summed E-state index contributed by atoms with van der Waals surface area (Å²) in [5.74, 6) is 3.62. The lowest BCUT2D eigenvalue weighted by Crippen LogP contribution is -1.99. The van der Waals surface area contributed by atoms with Gasteiger partial charge in [-0.1, -0.05) is 5.92 Å². The number of aliphatic hydroxyl groups is 1. The fourth-order valence-corrected chi connectivity index (χ4v) is 1.36. The van der Waals surface area contributed by atoms with Crippen LogP contribution >= 0.6 is 0 Å². The molecule has 0 amide bonds. The summed E-state index contributed by atoms with van der Waals surface area (Å²) in [6.45, 7) is 0. The molecule has 0 saturated heterocycles. The standard InChI is InChI=1S/C12H14O4/c1-5-9(13)8-6-10(14-2)12(16-4)11(7-8)15-3/h1,6-7,9,13H,2-4H3. The first-order valence-electron chi connectivity index (χ1n) is 4.62. The van der Waals surface area contributed by atoms with Crippen molar-refractivity contribution in [3.63, 3.8) is 0 Å². The average molecular weight is 222 g/mol. The van der Waals surface area contributed by atoms with Crippen molar-refractivity contribution in [2.24, 2.45) is 0 Å². The van der Waals surface area contributed by atoms with E-state index in [1.54, 1.807) is 12.1 Å². The molecule has 1 aromatic rings. The molecule has 0 radical (unpaired) electrons. The summed E-state index contributed by atoms with van der Waals surface area (Å²) in [5, 5.41) is 9.54. The molecular weight excluding hydrogens is 208 g/mol. The van der Waals surface area contributed by atoms with Crippen LogP contribution in [0.15, 0.2) is 12.1 Å². The fraction of sp³-hybridized carbons (Fsp3) is 0.333. The van der Waals surface area contributed by atoms with Gasteiger partial charge in [0.1, 0.15) is 6.10 Å². The quantitative estimate of drug-likeness (QED) is 0.782. The molecule has 0 bridgehead atoms. The number of terminal acetylenes is 1. The molecule has 0 spiro atoms. The van der Waals surface area contributed by atoms with Crippen molar-refractivity contribution in [3.05, 3.63) is 17.7 Å². The van der Waals surface area contributed by atoms with Gasteiger partial charge in [-0.15, -0.1) is 6.42 Å². The van der Waals surface area contributed by atoms with E-state index in [9.17, 15) is 5.11 Å². The van der Waals surface area contributed by atoms with E-state index >= 15 is 0 Å². The molecule has 16 heavy (non-hydrogen) atoms. The zero-order valence-electron chi connectivity index (χ0n) is 9.48. The molecule has 0 fully saturated rings. The number of aliphatic hydroxyl groups excluding tert-OH is 1. The Kier molecular flexibility index (Phi) is 4.03. The van der Waals surface area contributed by atoms with Crippen molar-refractivity contribution >= 4 is 0 Å². The number of rotatable bonds is 4. The van der Waals surface area contributed by atoms with E-state index in [4.69, 9.17) is 20.6 Å². The van der Waals surface area contributed by atoms with Crippen molar-refractivity contribution in [1.29, 1.82) is 0 Å². The molecular formula is C12H14O4. The van der Waals surface area contributed by atoms with Crippen LogP contribution < -0.4 is 14.2 Å². The molecule has 1 atom stereocenters. The van der Waals surface area contributed by atoms with Gasteiger partial charge in [0, 0.05) is 5.56 Å². The summed E-state index contributed by atoms with van der Waals surface area (Å²) < 4.78 is 15.4. The summed E-state index contributed by atoms with van der Waals surface area (Å²) in [4.78, 5) is 0. The van der Waals surface area contributed by atoms with Gasteiger partial charge < -0.3 is 19.3 Å². The number of methoxy groups -OCH3 is 3. The van der Waals surface area contributed by atoms with Crippen molar-refractivity contribution in [3.8, 4) is 29.6 Å². The predicted molar refractivity (Wildman–Crippen MR) is 59.9 cm³/mol. The zero-order valence-corrected chi connectivity index (χ0v) is 9.48. The predicted octanol–water partition coefficient (Wildman–Crippen LogP) is 1.38.